The average molecular weight is 309 g/mol. The first-order valence-corrected chi connectivity index (χ1v) is 7.81. The maximum Gasteiger partial charge on any atom is 0.337 e. The Morgan fingerprint density at radius 2 is 1.64 bits per heavy atom. The van der Waals surface area contributed by atoms with Crippen molar-refractivity contribution in [3.05, 3.63) is 12.2 Å². The molecule has 2 amide bonds. The first-order chi connectivity index (χ1) is 10.5. The van der Waals surface area contributed by atoms with E-state index < -0.39 is 29.8 Å². The highest BCUT2D eigenvalue weighted by Crippen LogP contribution is 2.17. The molecule has 0 aromatic carbocycles. The summed E-state index contributed by atoms with van der Waals surface area (Å²) in [7, 11) is 0. The van der Waals surface area contributed by atoms with Crippen molar-refractivity contribution in [1.82, 2.24) is 4.90 Å². The SMILES string of the molecule is CCCCCC(=O)OC(=O)C(CCCC)N1C(=O)C=CC1=O. The van der Waals surface area contributed by atoms with Gasteiger partial charge in [0.1, 0.15) is 6.04 Å². The lowest BCUT2D eigenvalue weighted by Crippen LogP contribution is -2.46. The van der Waals surface area contributed by atoms with E-state index in [1.165, 1.54) is 0 Å². The number of unbranched alkanes of at least 4 members (excludes halogenated alkanes) is 3. The molecule has 1 unspecified atom stereocenters. The zero-order valence-electron chi connectivity index (χ0n) is 13.2. The zero-order chi connectivity index (χ0) is 16.5. The van der Waals surface area contributed by atoms with E-state index in [1.807, 2.05) is 13.8 Å². The topological polar surface area (TPSA) is 80.8 Å². The highest BCUT2D eigenvalue weighted by molar-refractivity contribution is 6.15. The van der Waals surface area contributed by atoms with Crippen LogP contribution in [0.25, 0.3) is 0 Å². The molecule has 1 aliphatic rings. The number of carbonyl (C=O) groups is 4. The molecule has 0 aromatic heterocycles. The second-order valence-electron chi connectivity index (χ2n) is 5.29. The Labute approximate surface area is 130 Å². The Kier molecular flexibility index (Phi) is 7.49. The van der Waals surface area contributed by atoms with Crippen molar-refractivity contribution in [2.75, 3.05) is 0 Å². The quantitative estimate of drug-likeness (QED) is 0.282. The van der Waals surface area contributed by atoms with Gasteiger partial charge in [0, 0.05) is 18.6 Å². The molecule has 0 N–H and O–H groups in total. The van der Waals surface area contributed by atoms with Gasteiger partial charge in [-0.15, -0.1) is 0 Å². The Balaban J connectivity index is 2.66. The van der Waals surface area contributed by atoms with Gasteiger partial charge in [-0.2, -0.15) is 0 Å². The average Bonchev–Trinajstić information content (AvgIpc) is 2.80. The first kappa shape index (κ1) is 18.1. The summed E-state index contributed by atoms with van der Waals surface area (Å²) in [4.78, 5) is 48.1. The second-order valence-corrected chi connectivity index (χ2v) is 5.29. The third-order valence-electron chi connectivity index (χ3n) is 3.46. The number of carbonyl (C=O) groups excluding carboxylic acids is 4. The van der Waals surface area contributed by atoms with E-state index in [0.717, 1.165) is 36.3 Å². The van der Waals surface area contributed by atoms with E-state index in [9.17, 15) is 19.2 Å². The molecule has 122 valence electrons. The van der Waals surface area contributed by atoms with Crippen LogP contribution in [0.5, 0.6) is 0 Å². The molecule has 1 aliphatic heterocycles. The summed E-state index contributed by atoms with van der Waals surface area (Å²) in [6, 6.07) is -1.02. The minimum absolute atomic E-state index is 0.167. The van der Waals surface area contributed by atoms with Crippen LogP contribution in [0.15, 0.2) is 12.2 Å². The highest BCUT2D eigenvalue weighted by Gasteiger charge is 2.37. The number of esters is 2. The lowest BCUT2D eigenvalue weighted by molar-refractivity contribution is -0.167. The fourth-order valence-corrected chi connectivity index (χ4v) is 2.22. The van der Waals surface area contributed by atoms with Gasteiger partial charge < -0.3 is 4.74 Å². The standard InChI is InChI=1S/C16H23NO5/c1-3-5-7-9-15(20)22-16(21)12(8-6-4-2)17-13(18)10-11-14(17)19/h10-12H,3-9H2,1-2H3. The molecule has 6 heteroatoms. The van der Waals surface area contributed by atoms with Gasteiger partial charge in [0.05, 0.1) is 0 Å². The van der Waals surface area contributed by atoms with Gasteiger partial charge in [-0.05, 0) is 12.8 Å². The largest absolute Gasteiger partial charge is 0.392 e. The van der Waals surface area contributed by atoms with Gasteiger partial charge in [0.2, 0.25) is 0 Å². The number of imide groups is 1. The smallest absolute Gasteiger partial charge is 0.337 e. The van der Waals surface area contributed by atoms with Crippen molar-refractivity contribution in [2.24, 2.45) is 0 Å². The molecule has 0 saturated heterocycles. The second kappa shape index (κ2) is 9.12. The normalized spacial score (nSPS) is 15.3. The van der Waals surface area contributed by atoms with Crippen LogP contribution in [-0.4, -0.2) is 34.7 Å². The molecule has 6 nitrogen and oxygen atoms in total. The van der Waals surface area contributed by atoms with Gasteiger partial charge in [0.25, 0.3) is 11.8 Å². The fraction of sp³-hybridized carbons (Fsp3) is 0.625. The number of nitrogens with zero attached hydrogens (tertiary/aromatic N) is 1. The summed E-state index contributed by atoms with van der Waals surface area (Å²) in [5, 5.41) is 0. The predicted octanol–water partition coefficient (Wildman–Crippen LogP) is 2.12. The molecule has 0 radical (unpaired) electrons. The van der Waals surface area contributed by atoms with Gasteiger partial charge in [-0.1, -0.05) is 39.5 Å². The molecule has 1 rings (SSSR count). The molecule has 0 bridgehead atoms. The summed E-state index contributed by atoms with van der Waals surface area (Å²) in [6.45, 7) is 3.94. The monoisotopic (exact) mass is 309 g/mol. The minimum atomic E-state index is -1.02. The van der Waals surface area contributed by atoms with Crippen LogP contribution >= 0.6 is 0 Å². The van der Waals surface area contributed by atoms with E-state index in [1.54, 1.807) is 0 Å². The number of amides is 2. The number of hydrogen-bond acceptors (Lipinski definition) is 5. The number of ether oxygens (including phenoxy) is 1. The van der Waals surface area contributed by atoms with Gasteiger partial charge in [-0.25, -0.2) is 4.79 Å². The van der Waals surface area contributed by atoms with E-state index in [2.05, 4.69) is 0 Å². The molecule has 22 heavy (non-hydrogen) atoms. The Morgan fingerprint density at radius 1 is 1.05 bits per heavy atom. The third kappa shape index (κ3) is 5.09. The van der Waals surface area contributed by atoms with Gasteiger partial charge in [0.15, 0.2) is 0 Å². The van der Waals surface area contributed by atoms with Crippen LogP contribution in [0.3, 0.4) is 0 Å². The molecule has 0 spiro atoms. The van der Waals surface area contributed by atoms with E-state index in [4.69, 9.17) is 4.74 Å². The van der Waals surface area contributed by atoms with Crippen molar-refractivity contribution < 1.29 is 23.9 Å². The molecule has 0 aliphatic carbocycles. The van der Waals surface area contributed by atoms with Gasteiger partial charge >= 0.3 is 11.9 Å². The summed E-state index contributed by atoms with van der Waals surface area (Å²) in [6.07, 6.45) is 6.68. The summed E-state index contributed by atoms with van der Waals surface area (Å²) >= 11 is 0. The number of rotatable bonds is 9. The van der Waals surface area contributed by atoms with Crippen LogP contribution in [0.4, 0.5) is 0 Å². The zero-order valence-corrected chi connectivity index (χ0v) is 13.2. The summed E-state index contributed by atoms with van der Waals surface area (Å²) < 4.78 is 4.81. The Morgan fingerprint density at radius 3 is 2.18 bits per heavy atom. The lowest BCUT2D eigenvalue weighted by atomic mass is 10.1. The molecule has 0 fully saturated rings. The van der Waals surface area contributed by atoms with Crippen LogP contribution in [0.1, 0.15) is 58.8 Å². The van der Waals surface area contributed by atoms with Crippen molar-refractivity contribution in [3.8, 4) is 0 Å². The molecule has 1 atom stereocenters. The van der Waals surface area contributed by atoms with Crippen molar-refractivity contribution in [2.45, 2.75) is 64.8 Å². The van der Waals surface area contributed by atoms with Crippen molar-refractivity contribution >= 4 is 23.8 Å². The maximum absolute atomic E-state index is 12.2. The summed E-state index contributed by atoms with van der Waals surface area (Å²) in [5.74, 6) is -2.50. The molecule has 0 saturated carbocycles. The van der Waals surface area contributed by atoms with E-state index >= 15 is 0 Å². The minimum Gasteiger partial charge on any atom is -0.392 e. The molecular formula is C16H23NO5. The Hall–Kier alpha value is -1.98. The summed E-state index contributed by atoms with van der Waals surface area (Å²) in [5.41, 5.74) is 0. The van der Waals surface area contributed by atoms with Crippen LogP contribution in [0, 0.1) is 0 Å². The Bertz CT molecular complexity index is 451. The van der Waals surface area contributed by atoms with Crippen LogP contribution in [0.2, 0.25) is 0 Å². The van der Waals surface area contributed by atoms with E-state index in [0.29, 0.717) is 19.3 Å². The molecule has 0 aromatic rings. The third-order valence-corrected chi connectivity index (χ3v) is 3.46. The van der Waals surface area contributed by atoms with Gasteiger partial charge in [-0.3, -0.25) is 19.3 Å². The highest BCUT2D eigenvalue weighted by atomic mass is 16.6. The van der Waals surface area contributed by atoms with Crippen LogP contribution in [-0.2, 0) is 23.9 Å². The molecular weight excluding hydrogens is 286 g/mol. The number of hydrogen-bond donors (Lipinski definition) is 0. The van der Waals surface area contributed by atoms with E-state index in [-0.39, 0.29) is 6.42 Å². The maximum atomic E-state index is 12.2. The first-order valence-electron chi connectivity index (χ1n) is 7.81. The predicted molar refractivity (Wildman–Crippen MR) is 79.5 cm³/mol. The molecule has 1 heterocycles. The van der Waals surface area contributed by atoms with Crippen molar-refractivity contribution in [1.29, 1.82) is 0 Å². The lowest BCUT2D eigenvalue weighted by Gasteiger charge is -2.23. The van der Waals surface area contributed by atoms with Crippen LogP contribution < -0.4 is 0 Å². The fourth-order valence-electron chi connectivity index (χ4n) is 2.22. The van der Waals surface area contributed by atoms with Crippen molar-refractivity contribution in [3.63, 3.8) is 0 Å².